The van der Waals surface area contributed by atoms with E-state index in [1.54, 1.807) is 18.2 Å². The summed E-state index contributed by atoms with van der Waals surface area (Å²) < 4.78 is 0. The first-order chi connectivity index (χ1) is 7.78. The van der Waals surface area contributed by atoms with Crippen molar-refractivity contribution in [1.29, 1.82) is 0 Å². The van der Waals surface area contributed by atoms with Gasteiger partial charge < -0.3 is 16.2 Å². The first-order valence-corrected chi connectivity index (χ1v) is 6.09. The lowest BCUT2D eigenvalue weighted by Crippen LogP contribution is -2.37. The number of nitrogens with one attached hydrogen (secondary N) is 1. The van der Waals surface area contributed by atoms with Gasteiger partial charge in [-0.3, -0.25) is 0 Å². The van der Waals surface area contributed by atoms with Crippen molar-refractivity contribution in [2.75, 3.05) is 18.9 Å². The van der Waals surface area contributed by atoms with Crippen molar-refractivity contribution in [3.8, 4) is 0 Å². The van der Waals surface area contributed by atoms with E-state index in [0.717, 1.165) is 0 Å². The molecule has 0 unspecified atom stereocenters. The van der Waals surface area contributed by atoms with Crippen molar-refractivity contribution >= 4 is 28.9 Å². The van der Waals surface area contributed by atoms with E-state index in [1.165, 1.54) is 0 Å². The fourth-order valence-electron chi connectivity index (χ4n) is 0.942. The third kappa shape index (κ3) is 8.27. The number of β-amino-alcohol motifs (C(OH)–C–C–N with tert-alkyl or cyclic N) is 1. The summed E-state index contributed by atoms with van der Waals surface area (Å²) in [4.78, 5) is 0. The summed E-state index contributed by atoms with van der Waals surface area (Å²) in [7, 11) is 0. The van der Waals surface area contributed by atoms with Gasteiger partial charge in [-0.1, -0.05) is 29.3 Å². The molecule has 0 aliphatic heterocycles. The lowest BCUT2D eigenvalue weighted by molar-refractivity contribution is 0.272. The van der Waals surface area contributed by atoms with Crippen molar-refractivity contribution < 1.29 is 5.11 Å². The summed E-state index contributed by atoms with van der Waals surface area (Å²) in [6.45, 7) is 7.12. The molecule has 0 aromatic heterocycles. The van der Waals surface area contributed by atoms with Crippen LogP contribution in [0.25, 0.3) is 0 Å². The Kier molecular flexibility index (Phi) is 7.55. The molecule has 0 bridgehead atoms. The second-order valence-electron chi connectivity index (χ2n) is 4.54. The highest BCUT2D eigenvalue weighted by Gasteiger charge is 2.05. The molecule has 0 aliphatic carbocycles. The summed E-state index contributed by atoms with van der Waals surface area (Å²) in [6.07, 6.45) is 0. The van der Waals surface area contributed by atoms with Gasteiger partial charge in [0.1, 0.15) is 0 Å². The van der Waals surface area contributed by atoms with E-state index in [0.29, 0.717) is 22.3 Å². The Balaban J connectivity index is 0.000000304. The molecule has 4 N–H and O–H groups in total. The Labute approximate surface area is 113 Å². The zero-order valence-electron chi connectivity index (χ0n) is 10.4. The summed E-state index contributed by atoms with van der Waals surface area (Å²) in [5.41, 5.74) is 6.00. The van der Waals surface area contributed by atoms with E-state index < -0.39 is 0 Å². The Morgan fingerprint density at radius 1 is 1.24 bits per heavy atom. The number of nitrogen functional groups attached to an aromatic ring is 1. The average Bonchev–Trinajstić information content (AvgIpc) is 2.23. The number of aliphatic hydroxyl groups is 1. The van der Waals surface area contributed by atoms with E-state index in [1.807, 2.05) is 0 Å². The molecule has 0 spiro atoms. The molecular formula is C12H20Cl2N2O. The van der Waals surface area contributed by atoms with Crippen molar-refractivity contribution in [3.63, 3.8) is 0 Å². The summed E-state index contributed by atoms with van der Waals surface area (Å²) in [6, 6.07) is 5.15. The van der Waals surface area contributed by atoms with Crippen LogP contribution in [-0.2, 0) is 0 Å². The Bertz CT molecular complexity index is 318. The number of nitrogens with two attached hydrogens (primary N) is 1. The normalized spacial score (nSPS) is 10.7. The second kappa shape index (κ2) is 7.77. The van der Waals surface area contributed by atoms with Crippen LogP contribution in [0.5, 0.6) is 0 Å². The van der Waals surface area contributed by atoms with Crippen LogP contribution in [0.1, 0.15) is 20.8 Å². The molecule has 5 heteroatoms. The van der Waals surface area contributed by atoms with Crippen LogP contribution in [0.3, 0.4) is 0 Å². The topological polar surface area (TPSA) is 58.3 Å². The number of halogens is 2. The smallest absolute Gasteiger partial charge is 0.0692 e. The lowest BCUT2D eigenvalue weighted by atomic mass is 10.1. The lowest BCUT2D eigenvalue weighted by Gasteiger charge is -2.19. The minimum Gasteiger partial charge on any atom is -0.396 e. The standard InChI is InChI=1S/C6H5Cl2N.C6H15NO/c7-4-2-1-3-5(8)6(4)9;1-6(2,3)7-4-5-8/h1-3H,9H2;7-8H,4-5H2,1-3H3. The van der Waals surface area contributed by atoms with Gasteiger partial charge in [0, 0.05) is 12.1 Å². The van der Waals surface area contributed by atoms with E-state index in [9.17, 15) is 0 Å². The zero-order valence-corrected chi connectivity index (χ0v) is 11.9. The molecule has 1 rings (SSSR count). The monoisotopic (exact) mass is 278 g/mol. The van der Waals surface area contributed by atoms with Gasteiger partial charge >= 0.3 is 0 Å². The van der Waals surface area contributed by atoms with Crippen molar-refractivity contribution in [2.24, 2.45) is 0 Å². The quantitative estimate of drug-likeness (QED) is 0.729. The maximum absolute atomic E-state index is 8.37. The highest BCUT2D eigenvalue weighted by atomic mass is 35.5. The molecule has 17 heavy (non-hydrogen) atoms. The molecule has 0 saturated carbocycles. The number of aliphatic hydroxyl groups excluding tert-OH is 1. The van der Waals surface area contributed by atoms with Crippen LogP contribution in [0.4, 0.5) is 5.69 Å². The molecule has 0 atom stereocenters. The maximum atomic E-state index is 8.37. The van der Waals surface area contributed by atoms with Crippen molar-refractivity contribution in [1.82, 2.24) is 5.32 Å². The van der Waals surface area contributed by atoms with Gasteiger partial charge in [0.05, 0.1) is 22.3 Å². The minimum atomic E-state index is 0.142. The average molecular weight is 279 g/mol. The van der Waals surface area contributed by atoms with Gasteiger partial charge in [0.2, 0.25) is 0 Å². The number of rotatable bonds is 2. The van der Waals surface area contributed by atoms with Crippen LogP contribution in [0.15, 0.2) is 18.2 Å². The van der Waals surface area contributed by atoms with Gasteiger partial charge in [-0.25, -0.2) is 0 Å². The predicted octanol–water partition coefficient (Wildman–Crippen LogP) is 2.94. The molecular weight excluding hydrogens is 259 g/mol. The minimum absolute atomic E-state index is 0.142. The van der Waals surface area contributed by atoms with Crippen LogP contribution in [-0.4, -0.2) is 23.8 Å². The van der Waals surface area contributed by atoms with Crippen LogP contribution in [0, 0.1) is 0 Å². The number of para-hydroxylation sites is 1. The number of benzene rings is 1. The maximum Gasteiger partial charge on any atom is 0.0692 e. The fraction of sp³-hybridized carbons (Fsp3) is 0.500. The van der Waals surface area contributed by atoms with Gasteiger partial charge in [0.15, 0.2) is 0 Å². The van der Waals surface area contributed by atoms with Crippen LogP contribution < -0.4 is 11.1 Å². The van der Waals surface area contributed by atoms with Gasteiger partial charge in [-0.2, -0.15) is 0 Å². The number of anilines is 1. The third-order valence-electron chi connectivity index (χ3n) is 1.77. The molecule has 0 saturated heterocycles. The molecule has 98 valence electrons. The fourth-order valence-corrected chi connectivity index (χ4v) is 1.34. The highest BCUT2D eigenvalue weighted by molar-refractivity contribution is 6.38. The van der Waals surface area contributed by atoms with E-state index in [4.69, 9.17) is 34.0 Å². The SMILES string of the molecule is CC(C)(C)NCCO.Nc1c(Cl)cccc1Cl. The Morgan fingerprint density at radius 2 is 1.71 bits per heavy atom. The number of hydrogen-bond acceptors (Lipinski definition) is 3. The Hall–Kier alpha value is -0.480. The molecule has 3 nitrogen and oxygen atoms in total. The van der Waals surface area contributed by atoms with Crippen molar-refractivity contribution in [3.05, 3.63) is 28.2 Å². The van der Waals surface area contributed by atoms with Crippen LogP contribution in [0.2, 0.25) is 10.0 Å². The summed E-state index contributed by atoms with van der Waals surface area (Å²) >= 11 is 11.2. The first kappa shape index (κ1) is 16.5. The molecule has 0 fully saturated rings. The van der Waals surface area contributed by atoms with Crippen LogP contribution >= 0.6 is 23.2 Å². The van der Waals surface area contributed by atoms with E-state index in [2.05, 4.69) is 26.1 Å². The number of hydrogen-bond donors (Lipinski definition) is 3. The molecule has 0 aliphatic rings. The second-order valence-corrected chi connectivity index (χ2v) is 5.35. The first-order valence-electron chi connectivity index (χ1n) is 5.33. The predicted molar refractivity (Wildman–Crippen MR) is 75.7 cm³/mol. The third-order valence-corrected chi connectivity index (χ3v) is 2.43. The largest absolute Gasteiger partial charge is 0.396 e. The molecule has 0 radical (unpaired) electrons. The summed E-state index contributed by atoms with van der Waals surface area (Å²) in [5.74, 6) is 0. The molecule has 0 amide bonds. The molecule has 1 aromatic rings. The van der Waals surface area contributed by atoms with Crippen molar-refractivity contribution in [2.45, 2.75) is 26.3 Å². The van der Waals surface area contributed by atoms with E-state index >= 15 is 0 Å². The van der Waals surface area contributed by atoms with E-state index in [-0.39, 0.29) is 12.1 Å². The van der Waals surface area contributed by atoms with Gasteiger partial charge in [-0.15, -0.1) is 0 Å². The Morgan fingerprint density at radius 3 is 1.94 bits per heavy atom. The molecule has 1 aromatic carbocycles. The highest BCUT2D eigenvalue weighted by Crippen LogP contribution is 2.25. The molecule has 0 heterocycles. The zero-order chi connectivity index (χ0) is 13.5. The van der Waals surface area contributed by atoms with Gasteiger partial charge in [-0.05, 0) is 32.9 Å². The summed E-state index contributed by atoms with van der Waals surface area (Å²) in [5, 5.41) is 12.5. The van der Waals surface area contributed by atoms with Gasteiger partial charge in [0.25, 0.3) is 0 Å².